The van der Waals surface area contributed by atoms with Crippen LogP contribution >= 0.6 is 10.2 Å². The SMILES string of the molecule is CC(C)CC(C)(C(=O)OCCCCCCn1c(=O)c(F)cn(-c2ccc(S(F)(F)(F)(F)F)cc2)c1=O)C(C)C. The van der Waals surface area contributed by atoms with Gasteiger partial charge in [-0.3, -0.25) is 18.7 Å². The number of halogens is 6. The van der Waals surface area contributed by atoms with E-state index in [1.54, 1.807) is 0 Å². The molecule has 2 aromatic rings. The van der Waals surface area contributed by atoms with E-state index >= 15 is 0 Å². The number of hydrogen-bond donors (Lipinski definition) is 0. The maximum absolute atomic E-state index is 14.2. The number of benzene rings is 1. The minimum atomic E-state index is -9.92. The summed E-state index contributed by atoms with van der Waals surface area (Å²) in [6.07, 6.45) is 3.17. The second-order valence-electron chi connectivity index (χ2n) is 10.8. The Balaban J connectivity index is 2.01. The summed E-state index contributed by atoms with van der Waals surface area (Å²) in [5.74, 6) is -1.16. The van der Waals surface area contributed by atoms with Gasteiger partial charge in [0.15, 0.2) is 0 Å². The van der Waals surface area contributed by atoms with Crippen LogP contribution in [0, 0.1) is 23.1 Å². The lowest BCUT2D eigenvalue weighted by Crippen LogP contribution is -2.40. The average molecular weight is 587 g/mol. The number of aromatic nitrogens is 2. The molecule has 1 aromatic carbocycles. The highest BCUT2D eigenvalue weighted by molar-refractivity contribution is 8.45. The van der Waals surface area contributed by atoms with Crippen molar-refractivity contribution in [2.45, 2.75) is 78.2 Å². The van der Waals surface area contributed by atoms with E-state index in [4.69, 9.17) is 4.74 Å². The van der Waals surface area contributed by atoms with E-state index < -0.39 is 37.6 Å². The third kappa shape index (κ3) is 8.39. The molecule has 1 aromatic heterocycles. The van der Waals surface area contributed by atoms with Gasteiger partial charge in [0.2, 0.25) is 5.82 Å². The maximum atomic E-state index is 14.2. The van der Waals surface area contributed by atoms with Gasteiger partial charge < -0.3 is 4.74 Å². The molecule has 1 atom stereocenters. The monoisotopic (exact) mass is 586 g/mol. The molecule has 1 heterocycles. The first-order valence-corrected chi connectivity index (χ1v) is 14.7. The van der Waals surface area contributed by atoms with Gasteiger partial charge >= 0.3 is 21.9 Å². The molecule has 0 saturated heterocycles. The van der Waals surface area contributed by atoms with Crippen LogP contribution in [0.15, 0.2) is 44.9 Å². The predicted molar refractivity (Wildman–Crippen MR) is 139 cm³/mol. The average Bonchev–Trinajstić information content (AvgIpc) is 2.80. The highest BCUT2D eigenvalue weighted by atomic mass is 32.5. The fraction of sp³-hybridized carbons (Fsp3) is 0.577. The normalized spacial score (nSPS) is 15.6. The summed E-state index contributed by atoms with van der Waals surface area (Å²) in [7, 11) is -9.92. The Kier molecular flexibility index (Phi) is 9.21. The molecular formula is C26H36F6N2O4S. The van der Waals surface area contributed by atoms with Crippen LogP contribution < -0.4 is 11.2 Å². The molecule has 0 radical (unpaired) electrons. The third-order valence-corrected chi connectivity index (χ3v) is 7.93. The van der Waals surface area contributed by atoms with E-state index in [1.807, 2.05) is 34.6 Å². The van der Waals surface area contributed by atoms with Gasteiger partial charge in [0, 0.05) is 6.54 Å². The molecule has 0 aliphatic carbocycles. The van der Waals surface area contributed by atoms with Gasteiger partial charge in [0.25, 0.3) is 5.56 Å². The largest absolute Gasteiger partial charge is 0.465 e. The van der Waals surface area contributed by atoms with Crippen LogP contribution in [0.4, 0.5) is 23.8 Å². The number of carbonyl (C=O) groups is 1. The smallest absolute Gasteiger partial charge is 0.335 e. The number of rotatable bonds is 13. The van der Waals surface area contributed by atoms with Crippen molar-refractivity contribution < 1.29 is 33.4 Å². The topological polar surface area (TPSA) is 70.3 Å². The number of nitrogens with zero attached hydrogens (tertiary/aromatic N) is 2. The summed E-state index contributed by atoms with van der Waals surface area (Å²) in [5.41, 5.74) is -3.13. The van der Waals surface area contributed by atoms with Crippen molar-refractivity contribution in [3.05, 3.63) is 57.1 Å². The molecule has 6 nitrogen and oxygen atoms in total. The van der Waals surface area contributed by atoms with Gasteiger partial charge in [0.1, 0.15) is 4.90 Å². The zero-order valence-electron chi connectivity index (χ0n) is 22.7. The van der Waals surface area contributed by atoms with E-state index in [0.717, 1.165) is 0 Å². The quantitative estimate of drug-likeness (QED) is 0.138. The summed E-state index contributed by atoms with van der Waals surface area (Å²) in [6, 6.07) is 1.43. The Bertz CT molecular complexity index is 1290. The molecule has 1 unspecified atom stereocenters. The van der Waals surface area contributed by atoms with Gasteiger partial charge in [-0.05, 0) is 68.7 Å². The molecule has 222 valence electrons. The van der Waals surface area contributed by atoms with E-state index in [1.165, 1.54) is 0 Å². The number of ether oxygens (including phenoxy) is 1. The van der Waals surface area contributed by atoms with Crippen LogP contribution in [-0.4, -0.2) is 21.7 Å². The number of hydrogen-bond acceptors (Lipinski definition) is 4. The van der Waals surface area contributed by atoms with Crippen molar-refractivity contribution in [2.75, 3.05) is 6.61 Å². The number of carbonyl (C=O) groups excluding carboxylic acids is 1. The van der Waals surface area contributed by atoms with Crippen LogP contribution in [0.1, 0.15) is 66.7 Å². The van der Waals surface area contributed by atoms with Gasteiger partial charge in [-0.2, -0.15) is 4.39 Å². The summed E-state index contributed by atoms with van der Waals surface area (Å²) in [6.45, 7) is 9.97. The minimum Gasteiger partial charge on any atom is -0.465 e. The predicted octanol–water partition coefficient (Wildman–Crippen LogP) is 7.61. The molecule has 0 aliphatic rings. The van der Waals surface area contributed by atoms with Crippen molar-refractivity contribution in [1.82, 2.24) is 9.13 Å². The van der Waals surface area contributed by atoms with Crippen molar-refractivity contribution in [1.29, 1.82) is 0 Å². The Morgan fingerprint density at radius 2 is 1.51 bits per heavy atom. The van der Waals surface area contributed by atoms with Gasteiger partial charge in [-0.25, -0.2) is 4.79 Å². The first-order chi connectivity index (χ1) is 17.7. The highest BCUT2D eigenvalue weighted by Crippen LogP contribution is 3.02. The fourth-order valence-electron chi connectivity index (χ4n) is 4.27. The molecule has 0 spiro atoms. The van der Waals surface area contributed by atoms with E-state index in [-0.39, 0.29) is 42.9 Å². The van der Waals surface area contributed by atoms with Crippen LogP contribution in [0.5, 0.6) is 0 Å². The Labute approximate surface area is 223 Å². The summed E-state index contributed by atoms with van der Waals surface area (Å²) < 4.78 is 85.7. The first kappa shape index (κ1) is 32.5. The molecular weight excluding hydrogens is 550 g/mol. The Morgan fingerprint density at radius 1 is 0.949 bits per heavy atom. The standard InChI is InChI=1S/C26H36F6N2O4S/c1-18(2)16-26(5,19(3)4)24(36)38-15-9-7-6-8-14-33-23(35)22(27)17-34(25(33)37)20-10-12-21(13-11-20)39(28,29,30,31)32/h10-13,17-19H,6-9,14-16H2,1-5H3. The number of esters is 1. The third-order valence-electron chi connectivity index (χ3n) is 6.77. The Morgan fingerprint density at radius 3 is 2.03 bits per heavy atom. The second-order valence-corrected chi connectivity index (χ2v) is 13.2. The zero-order chi connectivity index (χ0) is 29.9. The van der Waals surface area contributed by atoms with Crippen molar-refractivity contribution in [3.63, 3.8) is 0 Å². The molecule has 0 bridgehead atoms. The minimum absolute atomic E-state index is 0.103. The summed E-state index contributed by atoms with van der Waals surface area (Å²) in [5, 5.41) is 0. The van der Waals surface area contributed by atoms with Gasteiger partial charge in [-0.1, -0.05) is 53.5 Å². The Hall–Kier alpha value is -2.70. The maximum Gasteiger partial charge on any atom is 0.335 e. The molecule has 0 N–H and O–H groups in total. The zero-order valence-corrected chi connectivity index (χ0v) is 23.5. The van der Waals surface area contributed by atoms with Gasteiger partial charge in [0.05, 0.1) is 23.9 Å². The molecule has 0 aliphatic heterocycles. The van der Waals surface area contributed by atoms with Crippen LogP contribution in [0.25, 0.3) is 5.69 Å². The molecule has 13 heteroatoms. The van der Waals surface area contributed by atoms with E-state index in [0.29, 0.717) is 65.5 Å². The summed E-state index contributed by atoms with van der Waals surface area (Å²) in [4.78, 5) is 35.4. The van der Waals surface area contributed by atoms with Crippen molar-refractivity contribution >= 4 is 16.2 Å². The molecule has 2 rings (SSSR count). The summed E-state index contributed by atoms with van der Waals surface area (Å²) >= 11 is 0. The molecule has 0 amide bonds. The highest BCUT2D eigenvalue weighted by Gasteiger charge is 2.65. The van der Waals surface area contributed by atoms with E-state index in [2.05, 4.69) is 0 Å². The van der Waals surface area contributed by atoms with E-state index in [9.17, 15) is 38.2 Å². The van der Waals surface area contributed by atoms with Crippen LogP contribution in [0.3, 0.4) is 0 Å². The van der Waals surface area contributed by atoms with Gasteiger partial charge in [-0.15, -0.1) is 0 Å². The molecule has 39 heavy (non-hydrogen) atoms. The van der Waals surface area contributed by atoms with Crippen LogP contribution in [0.2, 0.25) is 0 Å². The lowest BCUT2D eigenvalue weighted by Gasteiger charge is -2.40. The molecule has 0 fully saturated rings. The van der Waals surface area contributed by atoms with Crippen molar-refractivity contribution in [2.24, 2.45) is 17.3 Å². The van der Waals surface area contributed by atoms with Crippen molar-refractivity contribution in [3.8, 4) is 5.69 Å². The lowest BCUT2D eigenvalue weighted by molar-refractivity contribution is -0.159. The molecule has 0 saturated carbocycles. The first-order valence-electron chi connectivity index (χ1n) is 12.7. The second kappa shape index (κ2) is 11.1. The number of unbranched alkanes of at least 4 members (excludes halogenated alkanes) is 3. The van der Waals surface area contributed by atoms with Crippen LogP contribution in [-0.2, 0) is 16.1 Å². The lowest BCUT2D eigenvalue weighted by atomic mass is 9.73. The fourth-order valence-corrected chi connectivity index (χ4v) is 4.92.